The summed E-state index contributed by atoms with van der Waals surface area (Å²) >= 11 is 0. The molecule has 1 fully saturated rings. The quantitative estimate of drug-likeness (QED) is 0.886. The highest BCUT2D eigenvalue weighted by Crippen LogP contribution is 2.31. The Morgan fingerprint density at radius 2 is 2.00 bits per heavy atom. The molecule has 0 saturated heterocycles. The first-order valence-corrected chi connectivity index (χ1v) is 7.32. The molecule has 1 heterocycles. The van der Waals surface area contributed by atoms with Crippen LogP contribution in [0.25, 0.3) is 10.9 Å². The third kappa shape index (κ3) is 2.69. The molecule has 1 aromatic carbocycles. The number of aromatic nitrogens is 1. The summed E-state index contributed by atoms with van der Waals surface area (Å²) in [6.07, 6.45) is 7.09. The van der Waals surface area contributed by atoms with E-state index >= 15 is 0 Å². The van der Waals surface area contributed by atoms with Crippen molar-refractivity contribution in [3.63, 3.8) is 0 Å². The Labute approximate surface area is 115 Å². The molecule has 1 N–H and O–H groups in total. The number of nitrogens with zero attached hydrogens (tertiary/aromatic N) is 1. The molecule has 0 bridgehead atoms. The van der Waals surface area contributed by atoms with Gasteiger partial charge in [-0.2, -0.15) is 0 Å². The van der Waals surface area contributed by atoms with Crippen molar-refractivity contribution in [3.8, 4) is 0 Å². The second-order valence-electron chi connectivity index (χ2n) is 6.61. The van der Waals surface area contributed by atoms with E-state index in [0.29, 0.717) is 6.42 Å². The van der Waals surface area contributed by atoms with Gasteiger partial charge in [0.15, 0.2) is 0 Å². The third-order valence-corrected chi connectivity index (χ3v) is 4.17. The van der Waals surface area contributed by atoms with Crippen LogP contribution in [0.2, 0.25) is 0 Å². The Bertz CT molecular complexity index is 572. The number of benzene rings is 1. The predicted molar refractivity (Wildman–Crippen MR) is 79.3 cm³/mol. The van der Waals surface area contributed by atoms with Gasteiger partial charge < -0.3 is 9.67 Å². The van der Waals surface area contributed by atoms with Crippen molar-refractivity contribution >= 4 is 10.9 Å². The highest BCUT2D eigenvalue weighted by Gasteiger charge is 2.21. The van der Waals surface area contributed by atoms with Gasteiger partial charge in [0.2, 0.25) is 0 Å². The summed E-state index contributed by atoms with van der Waals surface area (Å²) < 4.78 is 2.39. The summed E-state index contributed by atoms with van der Waals surface area (Å²) in [5.74, 6) is 0.853. The minimum atomic E-state index is -0.647. The van der Waals surface area contributed by atoms with Gasteiger partial charge in [0.05, 0.1) is 5.60 Å². The molecular weight excluding hydrogens is 234 g/mol. The van der Waals surface area contributed by atoms with Crippen molar-refractivity contribution in [3.05, 3.63) is 36.0 Å². The zero-order valence-electron chi connectivity index (χ0n) is 11.9. The van der Waals surface area contributed by atoms with E-state index in [1.165, 1.54) is 35.7 Å². The second kappa shape index (κ2) is 4.68. The summed E-state index contributed by atoms with van der Waals surface area (Å²) in [5, 5.41) is 11.4. The molecule has 2 nitrogen and oxygen atoms in total. The van der Waals surface area contributed by atoms with Crippen LogP contribution in [0, 0.1) is 5.92 Å². The van der Waals surface area contributed by atoms with Gasteiger partial charge in [-0.15, -0.1) is 0 Å². The largest absolute Gasteiger partial charge is 0.390 e. The van der Waals surface area contributed by atoms with Crippen molar-refractivity contribution in [2.75, 3.05) is 0 Å². The highest BCUT2D eigenvalue weighted by atomic mass is 16.3. The minimum Gasteiger partial charge on any atom is -0.390 e. The fourth-order valence-electron chi connectivity index (χ4n) is 3.03. The van der Waals surface area contributed by atoms with Crippen LogP contribution in [-0.2, 0) is 13.0 Å². The van der Waals surface area contributed by atoms with Crippen LogP contribution < -0.4 is 0 Å². The van der Waals surface area contributed by atoms with E-state index in [4.69, 9.17) is 0 Å². The van der Waals surface area contributed by atoms with Gasteiger partial charge in [0, 0.05) is 30.1 Å². The summed E-state index contributed by atoms with van der Waals surface area (Å²) in [7, 11) is 0. The molecule has 0 amide bonds. The number of aliphatic hydroxyl groups is 1. The van der Waals surface area contributed by atoms with Gasteiger partial charge in [-0.25, -0.2) is 0 Å². The van der Waals surface area contributed by atoms with Crippen molar-refractivity contribution in [2.45, 2.75) is 51.7 Å². The minimum absolute atomic E-state index is 0.647. The normalized spacial score (nSPS) is 16.8. The lowest BCUT2D eigenvalue weighted by molar-refractivity contribution is 0.0813. The first-order valence-electron chi connectivity index (χ1n) is 7.32. The second-order valence-corrected chi connectivity index (χ2v) is 6.61. The molecule has 1 saturated carbocycles. The zero-order valence-corrected chi connectivity index (χ0v) is 11.9. The first kappa shape index (κ1) is 12.7. The van der Waals surface area contributed by atoms with E-state index < -0.39 is 5.60 Å². The van der Waals surface area contributed by atoms with Gasteiger partial charge in [0.1, 0.15) is 0 Å². The average molecular weight is 257 g/mol. The number of rotatable bonds is 4. The van der Waals surface area contributed by atoms with Gasteiger partial charge >= 0.3 is 0 Å². The molecule has 1 aliphatic rings. The maximum atomic E-state index is 10.1. The molecule has 0 aliphatic heterocycles. The predicted octanol–water partition coefficient (Wildman–Crippen LogP) is 3.75. The monoisotopic (exact) mass is 257 g/mol. The smallest absolute Gasteiger partial charge is 0.0632 e. The zero-order chi connectivity index (χ0) is 13.5. The number of fused-ring (bicyclic) bond motifs is 1. The highest BCUT2D eigenvalue weighted by molar-refractivity contribution is 5.84. The average Bonchev–Trinajstić information content (AvgIpc) is 2.61. The molecule has 2 aromatic rings. The van der Waals surface area contributed by atoms with E-state index in [1.807, 2.05) is 13.8 Å². The fraction of sp³-hybridized carbons (Fsp3) is 0.529. The number of para-hydroxylation sites is 1. The summed E-state index contributed by atoms with van der Waals surface area (Å²) in [6.45, 7) is 4.89. The Kier molecular flexibility index (Phi) is 3.14. The van der Waals surface area contributed by atoms with Gasteiger partial charge in [-0.05, 0) is 44.2 Å². The van der Waals surface area contributed by atoms with E-state index in [-0.39, 0.29) is 0 Å². The molecule has 0 unspecified atom stereocenters. The third-order valence-electron chi connectivity index (χ3n) is 4.17. The van der Waals surface area contributed by atoms with Crippen molar-refractivity contribution in [1.29, 1.82) is 0 Å². The molecule has 3 rings (SSSR count). The summed E-state index contributed by atoms with van der Waals surface area (Å²) in [5.41, 5.74) is 1.93. The number of hydrogen-bond acceptors (Lipinski definition) is 1. The van der Waals surface area contributed by atoms with Crippen LogP contribution in [0.5, 0.6) is 0 Å². The number of hydrogen-bond donors (Lipinski definition) is 1. The van der Waals surface area contributed by atoms with Crippen molar-refractivity contribution in [2.24, 2.45) is 5.92 Å². The molecular formula is C17H23NO. The Hall–Kier alpha value is -1.28. The van der Waals surface area contributed by atoms with Crippen LogP contribution in [0.3, 0.4) is 0 Å². The maximum absolute atomic E-state index is 10.1. The van der Waals surface area contributed by atoms with Crippen molar-refractivity contribution in [1.82, 2.24) is 4.57 Å². The van der Waals surface area contributed by atoms with E-state index in [1.54, 1.807) is 0 Å². The van der Waals surface area contributed by atoms with Crippen LogP contribution in [0.1, 0.15) is 38.7 Å². The van der Waals surface area contributed by atoms with Gasteiger partial charge in [0.25, 0.3) is 0 Å². The van der Waals surface area contributed by atoms with Crippen LogP contribution in [-0.4, -0.2) is 15.3 Å². The summed E-state index contributed by atoms with van der Waals surface area (Å²) in [6, 6.07) is 8.56. The maximum Gasteiger partial charge on any atom is 0.0632 e. The Morgan fingerprint density at radius 3 is 2.63 bits per heavy atom. The van der Waals surface area contributed by atoms with Crippen molar-refractivity contribution < 1.29 is 5.11 Å². The molecule has 102 valence electrons. The Balaban J connectivity index is 1.97. The lowest BCUT2D eigenvalue weighted by Crippen LogP contribution is -2.21. The molecule has 1 aromatic heterocycles. The SMILES string of the molecule is CC(C)(O)Cc1cn(CC2CCC2)c2ccccc12. The van der Waals surface area contributed by atoms with Crippen LogP contribution >= 0.6 is 0 Å². The standard InChI is InChI=1S/C17H23NO/c1-17(2,19)10-14-12-18(11-13-6-5-7-13)16-9-4-3-8-15(14)16/h3-4,8-9,12-13,19H,5-7,10-11H2,1-2H3. The lowest BCUT2D eigenvalue weighted by atomic mass is 9.85. The Morgan fingerprint density at radius 1 is 1.26 bits per heavy atom. The molecule has 0 atom stereocenters. The molecule has 0 spiro atoms. The van der Waals surface area contributed by atoms with E-state index in [2.05, 4.69) is 35.0 Å². The molecule has 19 heavy (non-hydrogen) atoms. The lowest BCUT2D eigenvalue weighted by Gasteiger charge is -2.26. The fourth-order valence-corrected chi connectivity index (χ4v) is 3.03. The molecule has 2 heteroatoms. The van der Waals surface area contributed by atoms with Crippen LogP contribution in [0.4, 0.5) is 0 Å². The molecule has 0 radical (unpaired) electrons. The van der Waals surface area contributed by atoms with Gasteiger partial charge in [-0.3, -0.25) is 0 Å². The first-order chi connectivity index (χ1) is 9.03. The molecule has 1 aliphatic carbocycles. The summed E-state index contributed by atoms with van der Waals surface area (Å²) in [4.78, 5) is 0. The van der Waals surface area contributed by atoms with Gasteiger partial charge in [-0.1, -0.05) is 24.6 Å². The van der Waals surface area contributed by atoms with E-state index in [0.717, 1.165) is 12.5 Å². The topological polar surface area (TPSA) is 25.2 Å². The van der Waals surface area contributed by atoms with Crippen LogP contribution in [0.15, 0.2) is 30.5 Å². The van der Waals surface area contributed by atoms with E-state index in [9.17, 15) is 5.11 Å².